The fourth-order valence-corrected chi connectivity index (χ4v) is 7.71. The van der Waals surface area contributed by atoms with Crippen LogP contribution < -0.4 is 0 Å². The van der Waals surface area contributed by atoms with Crippen LogP contribution in [0.5, 0.6) is 0 Å². The number of allylic oxidation sites excluding steroid dienone is 4. The molecule has 0 amide bonds. The zero-order valence-corrected chi connectivity index (χ0v) is 42.7. The minimum absolute atomic E-state index is 0.183. The number of carboxylic acid groups (broad SMARTS) is 1. The molecule has 376 valence electrons. The maximum Gasteiger partial charge on any atom is 0.361 e. The van der Waals surface area contributed by atoms with Gasteiger partial charge in [-0.25, -0.2) is 4.79 Å². The van der Waals surface area contributed by atoms with Gasteiger partial charge in [-0.1, -0.05) is 199 Å². The molecule has 0 rings (SSSR count). The maximum atomic E-state index is 12.8. The van der Waals surface area contributed by atoms with E-state index in [1.165, 1.54) is 167 Å². The lowest BCUT2D eigenvalue weighted by Crippen LogP contribution is -2.40. The van der Waals surface area contributed by atoms with Crippen LogP contribution in [0.25, 0.3) is 0 Å². The first-order valence-corrected chi connectivity index (χ1v) is 27.0. The molecule has 0 aromatic carbocycles. The number of hydrogen-bond acceptors (Lipinski definition) is 7. The van der Waals surface area contributed by atoms with E-state index in [0.717, 1.165) is 57.8 Å². The zero-order valence-electron chi connectivity index (χ0n) is 42.7. The summed E-state index contributed by atoms with van der Waals surface area (Å²) in [4.78, 5) is 37.2. The van der Waals surface area contributed by atoms with E-state index in [0.29, 0.717) is 17.4 Å². The molecule has 0 aromatic heterocycles. The summed E-state index contributed by atoms with van der Waals surface area (Å²) in [5.74, 6) is -2.01. The molecule has 0 saturated carbocycles. The minimum atomic E-state index is -1.51. The normalized spacial score (nSPS) is 13.0. The number of nitrogens with zero attached hydrogens (tertiary/aromatic N) is 1. The second kappa shape index (κ2) is 47.3. The number of esters is 2. The smallest absolute Gasteiger partial charge is 0.361 e. The van der Waals surface area contributed by atoms with Gasteiger partial charge in [0.2, 0.25) is 0 Å². The number of quaternary nitrogens is 1. The highest BCUT2D eigenvalue weighted by Crippen LogP contribution is 2.16. The first kappa shape index (κ1) is 61.8. The average Bonchev–Trinajstić information content (AvgIpc) is 3.26. The van der Waals surface area contributed by atoms with Crippen LogP contribution in [0.3, 0.4) is 0 Å². The molecule has 0 spiro atoms. The number of rotatable bonds is 50. The van der Waals surface area contributed by atoms with Gasteiger partial charge in [-0.05, 0) is 64.2 Å². The lowest BCUT2D eigenvalue weighted by atomic mass is 10.0. The lowest BCUT2D eigenvalue weighted by molar-refractivity contribution is -0.870. The monoisotopic (exact) mass is 907 g/mol. The van der Waals surface area contributed by atoms with Crippen molar-refractivity contribution in [1.29, 1.82) is 0 Å². The molecule has 0 aromatic rings. The Morgan fingerprint density at radius 3 is 1.19 bits per heavy atom. The number of carbonyl (C=O) groups is 3. The van der Waals surface area contributed by atoms with E-state index in [1.54, 1.807) is 0 Å². The van der Waals surface area contributed by atoms with Gasteiger partial charge in [0.15, 0.2) is 6.10 Å². The van der Waals surface area contributed by atoms with Crippen LogP contribution in [-0.4, -0.2) is 87.4 Å². The third-order valence-electron chi connectivity index (χ3n) is 11.9. The highest BCUT2D eigenvalue weighted by Gasteiger charge is 2.25. The van der Waals surface area contributed by atoms with Gasteiger partial charge >= 0.3 is 17.9 Å². The quantitative estimate of drug-likeness (QED) is 0.0211. The summed E-state index contributed by atoms with van der Waals surface area (Å²) >= 11 is 0. The molecule has 0 radical (unpaired) electrons. The van der Waals surface area contributed by atoms with Crippen LogP contribution >= 0.6 is 0 Å². The Balaban J connectivity index is 4.16. The van der Waals surface area contributed by atoms with Crippen LogP contribution in [-0.2, 0) is 33.3 Å². The second-order valence-corrected chi connectivity index (χ2v) is 19.5. The van der Waals surface area contributed by atoms with Gasteiger partial charge in [0.1, 0.15) is 13.2 Å². The maximum absolute atomic E-state index is 12.8. The molecule has 0 aliphatic rings. The number of carbonyl (C=O) groups excluding carboxylic acids is 2. The standard InChI is InChI=1S/C55H103NO8/c1-6-8-10-12-14-16-18-20-21-22-23-24-25-26-27-28-29-30-31-32-33-34-36-38-40-42-44-46-53(58)64-51(50-63-55(54(59)60)61-48-47-56(3,4)5)49-62-52(57)45-43-41-39-37-35-19-17-15-13-11-9-7-2/h15,17,22-23,51,55H,6-14,16,18-21,24-50H2,1-5H3/p+1/b17-15-,23-22-. The molecule has 64 heavy (non-hydrogen) atoms. The number of likely N-dealkylation sites (N-methyl/N-ethyl adjacent to an activating group) is 1. The lowest BCUT2D eigenvalue weighted by Gasteiger charge is -2.25. The summed E-state index contributed by atoms with van der Waals surface area (Å²) in [5.41, 5.74) is 0. The van der Waals surface area contributed by atoms with Crippen molar-refractivity contribution in [3.8, 4) is 0 Å². The van der Waals surface area contributed by atoms with E-state index < -0.39 is 24.3 Å². The molecule has 0 aliphatic carbocycles. The van der Waals surface area contributed by atoms with Gasteiger partial charge in [-0.2, -0.15) is 0 Å². The Hall–Kier alpha value is -2.23. The first-order chi connectivity index (χ1) is 31.1. The molecule has 0 saturated heterocycles. The van der Waals surface area contributed by atoms with Gasteiger partial charge in [-0.15, -0.1) is 0 Å². The number of hydrogen-bond donors (Lipinski definition) is 1. The number of ether oxygens (including phenoxy) is 4. The van der Waals surface area contributed by atoms with Crippen molar-refractivity contribution in [2.45, 2.75) is 264 Å². The van der Waals surface area contributed by atoms with Crippen LogP contribution in [0.4, 0.5) is 0 Å². The van der Waals surface area contributed by atoms with E-state index in [4.69, 9.17) is 18.9 Å². The molecular formula is C55H104NO8+. The molecule has 9 heteroatoms. The third kappa shape index (κ3) is 47.7. The van der Waals surface area contributed by atoms with Crippen LogP contribution in [0.15, 0.2) is 24.3 Å². The van der Waals surface area contributed by atoms with Gasteiger partial charge in [0.25, 0.3) is 6.29 Å². The average molecular weight is 907 g/mol. The largest absolute Gasteiger partial charge is 0.477 e. The summed E-state index contributed by atoms with van der Waals surface area (Å²) < 4.78 is 22.8. The van der Waals surface area contributed by atoms with Crippen LogP contribution in [0.1, 0.15) is 251 Å². The Morgan fingerprint density at radius 1 is 0.453 bits per heavy atom. The Morgan fingerprint density at radius 2 is 0.797 bits per heavy atom. The third-order valence-corrected chi connectivity index (χ3v) is 11.9. The van der Waals surface area contributed by atoms with Gasteiger partial charge in [0, 0.05) is 12.8 Å². The van der Waals surface area contributed by atoms with Crippen molar-refractivity contribution in [3.05, 3.63) is 24.3 Å². The number of aliphatic carboxylic acids is 1. The minimum Gasteiger partial charge on any atom is -0.477 e. The fourth-order valence-electron chi connectivity index (χ4n) is 7.71. The van der Waals surface area contributed by atoms with Crippen molar-refractivity contribution >= 4 is 17.9 Å². The predicted molar refractivity (Wildman–Crippen MR) is 268 cm³/mol. The topological polar surface area (TPSA) is 108 Å². The summed E-state index contributed by atoms with van der Waals surface area (Å²) in [7, 11) is 5.96. The van der Waals surface area contributed by atoms with Crippen molar-refractivity contribution in [2.24, 2.45) is 0 Å². The Kier molecular flexibility index (Phi) is 45.6. The summed E-state index contributed by atoms with van der Waals surface area (Å²) in [6.07, 6.45) is 51.2. The molecule has 0 fully saturated rings. The highest BCUT2D eigenvalue weighted by molar-refractivity contribution is 5.71. The van der Waals surface area contributed by atoms with Crippen LogP contribution in [0.2, 0.25) is 0 Å². The summed E-state index contributed by atoms with van der Waals surface area (Å²) in [5, 5.41) is 9.66. The number of carboxylic acids is 1. The van der Waals surface area contributed by atoms with Gasteiger partial charge < -0.3 is 28.5 Å². The number of unbranched alkanes of at least 4 members (excludes halogenated alkanes) is 31. The molecule has 1 N–H and O–H groups in total. The highest BCUT2D eigenvalue weighted by atomic mass is 16.7. The van der Waals surface area contributed by atoms with Gasteiger partial charge in [-0.3, -0.25) is 9.59 Å². The Labute approximate surface area is 395 Å². The molecule has 0 heterocycles. The van der Waals surface area contributed by atoms with Crippen molar-refractivity contribution in [2.75, 3.05) is 47.5 Å². The molecule has 2 unspecified atom stereocenters. The van der Waals surface area contributed by atoms with E-state index in [-0.39, 0.29) is 32.2 Å². The summed E-state index contributed by atoms with van der Waals surface area (Å²) in [6, 6.07) is 0. The zero-order chi connectivity index (χ0) is 47.0. The first-order valence-electron chi connectivity index (χ1n) is 27.0. The van der Waals surface area contributed by atoms with Gasteiger partial charge in [0.05, 0.1) is 34.4 Å². The summed E-state index contributed by atoms with van der Waals surface area (Å²) in [6.45, 7) is 4.86. The van der Waals surface area contributed by atoms with Crippen LogP contribution in [0, 0.1) is 0 Å². The molecule has 0 aliphatic heterocycles. The second-order valence-electron chi connectivity index (χ2n) is 19.5. The molecule has 2 atom stereocenters. The molecular weight excluding hydrogens is 803 g/mol. The van der Waals surface area contributed by atoms with Crippen molar-refractivity contribution < 1.29 is 42.9 Å². The SMILES string of the molecule is CCCCC/C=C\CCCCCCCC(=O)OCC(COC(OCC[N+](C)(C)C)C(=O)O)OC(=O)CCCCCCCCCCCCCCCCC/C=C\CCCCCCCCCC. The molecule has 0 bridgehead atoms. The van der Waals surface area contributed by atoms with E-state index in [2.05, 4.69) is 38.2 Å². The fraction of sp³-hybridized carbons (Fsp3) is 0.873. The van der Waals surface area contributed by atoms with E-state index >= 15 is 0 Å². The Bertz CT molecular complexity index is 1100. The van der Waals surface area contributed by atoms with Crippen molar-refractivity contribution in [3.63, 3.8) is 0 Å². The molecule has 9 nitrogen and oxygen atoms in total. The van der Waals surface area contributed by atoms with E-state index in [9.17, 15) is 19.5 Å². The van der Waals surface area contributed by atoms with Crippen molar-refractivity contribution in [1.82, 2.24) is 0 Å². The van der Waals surface area contributed by atoms with E-state index in [1.807, 2.05) is 21.1 Å². The predicted octanol–water partition coefficient (Wildman–Crippen LogP) is 15.2.